The number of anilines is 1. The van der Waals surface area contributed by atoms with Gasteiger partial charge in [-0.25, -0.2) is 0 Å². The highest BCUT2D eigenvalue weighted by atomic mass is 35.5. The van der Waals surface area contributed by atoms with E-state index < -0.39 is 4.92 Å². The lowest BCUT2D eigenvalue weighted by Gasteiger charge is -2.07. The number of nitro groups is 1. The molecule has 0 aliphatic rings. The number of nitrogens with one attached hydrogen (secondary N) is 1. The van der Waals surface area contributed by atoms with Gasteiger partial charge in [-0.1, -0.05) is 35.9 Å². The minimum atomic E-state index is -0.425. The third kappa shape index (κ3) is 5.09. The van der Waals surface area contributed by atoms with Crippen LogP contribution in [0.1, 0.15) is 32.9 Å². The van der Waals surface area contributed by atoms with E-state index in [1.54, 1.807) is 53.8 Å². The molecule has 0 fully saturated rings. The van der Waals surface area contributed by atoms with Gasteiger partial charge in [-0.05, 0) is 49.2 Å². The van der Waals surface area contributed by atoms with Gasteiger partial charge in [0.1, 0.15) is 11.4 Å². The van der Waals surface area contributed by atoms with Crippen molar-refractivity contribution in [1.82, 2.24) is 19.6 Å². The van der Waals surface area contributed by atoms with Gasteiger partial charge >= 0.3 is 5.69 Å². The third-order valence-corrected chi connectivity index (χ3v) is 5.45. The fraction of sp³-hybridized carbons (Fsp3) is 0.174. The number of rotatable bonds is 7. The van der Waals surface area contributed by atoms with Crippen LogP contribution in [0.25, 0.3) is 0 Å². The van der Waals surface area contributed by atoms with Crippen molar-refractivity contribution in [2.75, 3.05) is 5.32 Å². The third-order valence-electron chi connectivity index (χ3n) is 5.20. The summed E-state index contributed by atoms with van der Waals surface area (Å²) in [6.45, 7) is 4.15. The molecule has 9 nitrogen and oxygen atoms in total. The summed E-state index contributed by atoms with van der Waals surface area (Å²) in [4.78, 5) is 23.6. The molecule has 0 atom stereocenters. The van der Waals surface area contributed by atoms with E-state index >= 15 is 0 Å². The summed E-state index contributed by atoms with van der Waals surface area (Å²) < 4.78 is 3.30. The number of hydrogen-bond donors (Lipinski definition) is 1. The van der Waals surface area contributed by atoms with E-state index in [-0.39, 0.29) is 11.6 Å². The van der Waals surface area contributed by atoms with Crippen LogP contribution in [0, 0.1) is 24.0 Å². The topological polar surface area (TPSA) is 108 Å². The maximum atomic E-state index is 12.8. The molecule has 0 bridgehead atoms. The van der Waals surface area contributed by atoms with Crippen molar-refractivity contribution >= 4 is 28.9 Å². The van der Waals surface area contributed by atoms with Crippen LogP contribution in [-0.2, 0) is 13.1 Å². The standard InChI is InChI=1S/C23H21ClN6O3/c1-15-22(30(32)33)16(2)29(27-15)13-18-4-3-5-19(10-18)23(31)26-21-11-25-28(14-21)12-17-6-8-20(24)9-7-17/h3-11,14H,12-13H2,1-2H3,(H,26,31). The molecule has 0 saturated carbocycles. The normalized spacial score (nSPS) is 10.9. The summed E-state index contributed by atoms with van der Waals surface area (Å²) in [6, 6.07) is 14.6. The average molecular weight is 465 g/mol. The SMILES string of the molecule is Cc1nn(Cc2cccc(C(=O)Nc3cnn(Cc4ccc(Cl)cc4)c3)c2)c(C)c1[N+](=O)[O-]. The van der Waals surface area contributed by atoms with Crippen LogP contribution in [0.3, 0.4) is 0 Å². The number of carbonyl (C=O) groups is 1. The average Bonchev–Trinajstić information content (AvgIpc) is 3.33. The highest BCUT2D eigenvalue weighted by Gasteiger charge is 2.21. The van der Waals surface area contributed by atoms with Crippen LogP contribution < -0.4 is 5.32 Å². The molecule has 168 valence electrons. The summed E-state index contributed by atoms with van der Waals surface area (Å²) in [5.74, 6) is -0.276. The number of hydrogen-bond acceptors (Lipinski definition) is 5. The molecule has 4 aromatic rings. The Morgan fingerprint density at radius 3 is 2.58 bits per heavy atom. The highest BCUT2D eigenvalue weighted by Crippen LogP contribution is 2.23. The Hall–Kier alpha value is -3.98. The van der Waals surface area contributed by atoms with Crippen LogP contribution in [0.4, 0.5) is 11.4 Å². The maximum absolute atomic E-state index is 12.8. The lowest BCUT2D eigenvalue weighted by atomic mass is 10.1. The predicted octanol–water partition coefficient (Wildman–Crippen LogP) is 4.61. The maximum Gasteiger partial charge on any atom is 0.312 e. The van der Waals surface area contributed by atoms with Crippen LogP contribution in [-0.4, -0.2) is 30.4 Å². The number of halogens is 1. The first-order chi connectivity index (χ1) is 15.8. The van der Waals surface area contributed by atoms with Crippen molar-refractivity contribution in [3.63, 3.8) is 0 Å². The van der Waals surface area contributed by atoms with Crippen LogP contribution in [0.5, 0.6) is 0 Å². The Bertz CT molecular complexity index is 1330. The Morgan fingerprint density at radius 2 is 1.88 bits per heavy atom. The van der Waals surface area contributed by atoms with E-state index in [1.807, 2.05) is 30.3 Å². The first-order valence-electron chi connectivity index (χ1n) is 10.2. The van der Waals surface area contributed by atoms with Crippen LogP contribution >= 0.6 is 11.6 Å². The molecule has 0 aliphatic heterocycles. The molecule has 2 aromatic heterocycles. The number of amides is 1. The van der Waals surface area contributed by atoms with Gasteiger partial charge in [0.05, 0.1) is 29.9 Å². The summed E-state index contributed by atoms with van der Waals surface area (Å²) in [5, 5.41) is 23.3. The van der Waals surface area contributed by atoms with E-state index in [0.29, 0.717) is 40.8 Å². The summed E-state index contributed by atoms with van der Waals surface area (Å²) in [5.41, 5.74) is 3.74. The molecule has 33 heavy (non-hydrogen) atoms. The fourth-order valence-electron chi connectivity index (χ4n) is 3.58. The number of carbonyl (C=O) groups excluding carboxylic acids is 1. The molecule has 2 heterocycles. The molecule has 0 unspecified atom stereocenters. The number of aromatic nitrogens is 4. The molecule has 2 aromatic carbocycles. The molecule has 0 spiro atoms. The monoisotopic (exact) mass is 464 g/mol. The predicted molar refractivity (Wildman–Crippen MR) is 125 cm³/mol. The lowest BCUT2D eigenvalue weighted by molar-refractivity contribution is -0.386. The minimum absolute atomic E-state index is 0.0134. The molecule has 10 heteroatoms. The van der Waals surface area contributed by atoms with Crippen molar-refractivity contribution in [3.05, 3.63) is 104 Å². The summed E-state index contributed by atoms with van der Waals surface area (Å²) in [7, 11) is 0. The zero-order valence-electron chi connectivity index (χ0n) is 18.0. The quantitative estimate of drug-likeness (QED) is 0.317. The number of aryl methyl sites for hydroxylation is 1. The molecule has 1 N–H and O–H groups in total. The van der Waals surface area contributed by atoms with Gasteiger partial charge in [0.15, 0.2) is 0 Å². The van der Waals surface area contributed by atoms with Crippen molar-refractivity contribution in [2.45, 2.75) is 26.9 Å². The summed E-state index contributed by atoms with van der Waals surface area (Å²) >= 11 is 5.92. The summed E-state index contributed by atoms with van der Waals surface area (Å²) in [6.07, 6.45) is 3.35. The van der Waals surface area contributed by atoms with E-state index in [0.717, 1.165) is 11.1 Å². The van der Waals surface area contributed by atoms with Crippen molar-refractivity contribution in [2.24, 2.45) is 0 Å². The van der Waals surface area contributed by atoms with Crippen LogP contribution in [0.15, 0.2) is 60.9 Å². The Morgan fingerprint density at radius 1 is 1.12 bits per heavy atom. The van der Waals surface area contributed by atoms with Crippen molar-refractivity contribution in [1.29, 1.82) is 0 Å². The van der Waals surface area contributed by atoms with Crippen LogP contribution in [0.2, 0.25) is 5.02 Å². The first-order valence-corrected chi connectivity index (χ1v) is 10.5. The fourth-order valence-corrected chi connectivity index (χ4v) is 3.71. The molecule has 0 aliphatic carbocycles. The Balaban J connectivity index is 1.44. The first kappa shape index (κ1) is 22.2. The largest absolute Gasteiger partial charge is 0.319 e. The molecule has 0 saturated heterocycles. The molecule has 4 rings (SSSR count). The second-order valence-corrected chi connectivity index (χ2v) is 8.08. The Kier molecular flexibility index (Phi) is 6.23. The zero-order valence-corrected chi connectivity index (χ0v) is 18.8. The Labute approximate surface area is 194 Å². The smallest absolute Gasteiger partial charge is 0.312 e. The molecule has 1 amide bonds. The number of nitrogens with zero attached hydrogens (tertiary/aromatic N) is 5. The van der Waals surface area contributed by atoms with E-state index in [1.165, 1.54) is 0 Å². The molecule has 0 radical (unpaired) electrons. The van der Waals surface area contributed by atoms with Gasteiger partial charge in [-0.15, -0.1) is 0 Å². The van der Waals surface area contributed by atoms with Crippen molar-refractivity contribution in [3.8, 4) is 0 Å². The van der Waals surface area contributed by atoms with Gasteiger partial charge in [0, 0.05) is 16.8 Å². The second-order valence-electron chi connectivity index (χ2n) is 7.64. The van der Waals surface area contributed by atoms with Gasteiger partial charge in [-0.3, -0.25) is 24.3 Å². The van der Waals surface area contributed by atoms with Gasteiger partial charge in [-0.2, -0.15) is 10.2 Å². The van der Waals surface area contributed by atoms with Gasteiger partial charge < -0.3 is 5.32 Å². The van der Waals surface area contributed by atoms with E-state index in [9.17, 15) is 14.9 Å². The zero-order chi connectivity index (χ0) is 23.5. The van der Waals surface area contributed by atoms with Gasteiger partial charge in [0.25, 0.3) is 5.91 Å². The lowest BCUT2D eigenvalue weighted by Crippen LogP contribution is -2.12. The minimum Gasteiger partial charge on any atom is -0.319 e. The van der Waals surface area contributed by atoms with Crippen molar-refractivity contribution < 1.29 is 9.72 Å². The number of benzene rings is 2. The van der Waals surface area contributed by atoms with E-state index in [2.05, 4.69) is 15.5 Å². The highest BCUT2D eigenvalue weighted by molar-refractivity contribution is 6.30. The molecular weight excluding hydrogens is 444 g/mol. The second kappa shape index (κ2) is 9.25. The van der Waals surface area contributed by atoms with E-state index in [4.69, 9.17) is 11.6 Å². The molecular formula is C23H21ClN6O3. The van der Waals surface area contributed by atoms with Gasteiger partial charge in [0.2, 0.25) is 0 Å².